The fourth-order valence-corrected chi connectivity index (χ4v) is 3.68. The number of hydrogen-bond donors (Lipinski definition) is 2. The number of nitrogens with one attached hydrogen (secondary N) is 1. The zero-order valence-electron chi connectivity index (χ0n) is 13.3. The van der Waals surface area contributed by atoms with Gasteiger partial charge in [0.05, 0.1) is 22.2 Å². The van der Waals surface area contributed by atoms with Gasteiger partial charge in [0.15, 0.2) is 0 Å². The molecule has 1 aliphatic heterocycles. The van der Waals surface area contributed by atoms with Gasteiger partial charge in [-0.1, -0.05) is 24.3 Å². The number of thiazole rings is 1. The molecule has 2 heterocycles. The van der Waals surface area contributed by atoms with E-state index in [1.807, 2.05) is 36.7 Å². The number of hydrogen-bond acceptors (Lipinski definition) is 5. The molecule has 1 aromatic heterocycles. The summed E-state index contributed by atoms with van der Waals surface area (Å²) in [6, 6.07) is 7.38. The van der Waals surface area contributed by atoms with E-state index in [0.29, 0.717) is 13.0 Å². The van der Waals surface area contributed by atoms with E-state index in [9.17, 15) is 14.7 Å². The molecule has 24 heavy (non-hydrogen) atoms. The van der Waals surface area contributed by atoms with Crippen molar-refractivity contribution in [2.24, 2.45) is 0 Å². The molecule has 0 aliphatic carbocycles. The van der Waals surface area contributed by atoms with Gasteiger partial charge in [0.2, 0.25) is 12.3 Å². The summed E-state index contributed by atoms with van der Waals surface area (Å²) >= 11 is 1.60. The van der Waals surface area contributed by atoms with Crippen molar-refractivity contribution in [3.8, 4) is 10.4 Å². The molecule has 0 radical (unpaired) electrons. The molecule has 126 valence electrons. The van der Waals surface area contributed by atoms with Crippen LogP contribution in [0, 0.1) is 6.92 Å². The first-order valence-electron chi connectivity index (χ1n) is 7.74. The Bertz CT molecular complexity index is 729. The van der Waals surface area contributed by atoms with E-state index < -0.39 is 12.1 Å². The highest BCUT2D eigenvalue weighted by Gasteiger charge is 2.34. The molecule has 0 spiro atoms. The maximum atomic E-state index is 12.2. The van der Waals surface area contributed by atoms with Crippen molar-refractivity contribution in [2.75, 3.05) is 6.54 Å². The summed E-state index contributed by atoms with van der Waals surface area (Å²) in [6.45, 7) is 2.58. The molecular formula is C17H19N3O3S. The van der Waals surface area contributed by atoms with E-state index in [-0.39, 0.29) is 18.9 Å². The zero-order chi connectivity index (χ0) is 17.1. The minimum atomic E-state index is -0.632. The van der Waals surface area contributed by atoms with Crippen molar-refractivity contribution >= 4 is 23.7 Å². The van der Waals surface area contributed by atoms with Gasteiger partial charge in [-0.05, 0) is 18.1 Å². The first-order valence-corrected chi connectivity index (χ1v) is 8.62. The smallest absolute Gasteiger partial charge is 0.243 e. The third kappa shape index (κ3) is 3.47. The summed E-state index contributed by atoms with van der Waals surface area (Å²) < 4.78 is 0. The van der Waals surface area contributed by atoms with Gasteiger partial charge in [0.1, 0.15) is 6.04 Å². The number of β-amino-alcohol motifs (C(OH)–C–C–N with tert-alkyl or cyclic N) is 1. The Labute approximate surface area is 144 Å². The number of rotatable bonds is 5. The lowest BCUT2D eigenvalue weighted by Gasteiger charge is -2.18. The molecular weight excluding hydrogens is 326 g/mol. The van der Waals surface area contributed by atoms with Gasteiger partial charge in [-0.2, -0.15) is 0 Å². The molecule has 6 nitrogen and oxygen atoms in total. The van der Waals surface area contributed by atoms with Crippen LogP contribution in [0.5, 0.6) is 0 Å². The van der Waals surface area contributed by atoms with Crippen LogP contribution in [0.2, 0.25) is 0 Å². The number of amides is 2. The van der Waals surface area contributed by atoms with Crippen LogP contribution in [-0.4, -0.2) is 46.0 Å². The number of aliphatic hydroxyl groups is 1. The van der Waals surface area contributed by atoms with Gasteiger partial charge >= 0.3 is 0 Å². The number of aryl methyl sites for hydroxylation is 1. The van der Waals surface area contributed by atoms with Crippen LogP contribution in [0.4, 0.5) is 0 Å². The molecule has 2 N–H and O–H groups in total. The number of aromatic nitrogens is 1. The molecule has 1 aliphatic rings. The van der Waals surface area contributed by atoms with Crippen molar-refractivity contribution in [2.45, 2.75) is 32.0 Å². The Balaban J connectivity index is 1.60. The molecule has 1 saturated heterocycles. The molecule has 2 amide bonds. The Morgan fingerprint density at radius 2 is 2.21 bits per heavy atom. The number of carbonyl (C=O) groups is 2. The van der Waals surface area contributed by atoms with E-state index >= 15 is 0 Å². The highest BCUT2D eigenvalue weighted by molar-refractivity contribution is 7.13. The van der Waals surface area contributed by atoms with Crippen LogP contribution in [0.1, 0.15) is 17.7 Å². The molecule has 1 fully saturated rings. The third-order valence-electron chi connectivity index (χ3n) is 4.18. The second kappa shape index (κ2) is 7.11. The lowest BCUT2D eigenvalue weighted by molar-refractivity contribution is -0.131. The molecule has 2 aromatic rings. The Kier molecular flexibility index (Phi) is 4.92. The number of likely N-dealkylation sites (tertiary alicyclic amines) is 1. The predicted octanol–water partition coefficient (Wildman–Crippen LogP) is 1.33. The number of carbonyl (C=O) groups excluding carboxylic acids is 2. The van der Waals surface area contributed by atoms with E-state index in [1.165, 1.54) is 4.90 Å². The van der Waals surface area contributed by atoms with E-state index in [1.54, 1.807) is 11.3 Å². The van der Waals surface area contributed by atoms with Crippen LogP contribution < -0.4 is 5.32 Å². The SMILES string of the molecule is Cc1ncsc1-c1ccc(CNC(=O)[C@@H]2C[C@@H](O)CN2C=O)cc1. The van der Waals surface area contributed by atoms with Crippen LogP contribution in [0.3, 0.4) is 0 Å². The van der Waals surface area contributed by atoms with Gasteiger partial charge in [0, 0.05) is 19.5 Å². The molecule has 0 saturated carbocycles. The number of nitrogens with zero attached hydrogens (tertiary/aromatic N) is 2. The summed E-state index contributed by atoms with van der Waals surface area (Å²) in [7, 11) is 0. The maximum Gasteiger partial charge on any atom is 0.243 e. The average molecular weight is 345 g/mol. The standard InChI is InChI=1S/C17H19N3O3S/c1-11-16(24-9-19-11)13-4-2-12(3-5-13)7-18-17(23)15-6-14(22)8-20(15)10-21/h2-5,9-10,14-15,22H,6-8H2,1H3,(H,18,23)/t14-,15+/m1/s1. The first-order chi connectivity index (χ1) is 11.6. The van der Waals surface area contributed by atoms with Crippen LogP contribution in [0.15, 0.2) is 29.8 Å². The molecule has 0 unspecified atom stereocenters. The Hall–Kier alpha value is -2.25. The largest absolute Gasteiger partial charge is 0.391 e. The Morgan fingerprint density at radius 1 is 1.46 bits per heavy atom. The summed E-state index contributed by atoms with van der Waals surface area (Å²) in [5.74, 6) is -0.235. The topological polar surface area (TPSA) is 82.5 Å². The van der Waals surface area contributed by atoms with Crippen molar-refractivity contribution in [3.05, 3.63) is 41.0 Å². The summed E-state index contributed by atoms with van der Waals surface area (Å²) in [5.41, 5.74) is 4.92. The highest BCUT2D eigenvalue weighted by Crippen LogP contribution is 2.27. The zero-order valence-corrected chi connectivity index (χ0v) is 14.1. The van der Waals surface area contributed by atoms with Gasteiger partial charge in [-0.25, -0.2) is 4.98 Å². The summed E-state index contributed by atoms with van der Waals surface area (Å²) in [5, 5.41) is 12.4. The van der Waals surface area contributed by atoms with Gasteiger partial charge in [-0.15, -0.1) is 11.3 Å². The monoisotopic (exact) mass is 345 g/mol. The minimum Gasteiger partial charge on any atom is -0.391 e. The highest BCUT2D eigenvalue weighted by atomic mass is 32.1. The minimum absolute atomic E-state index is 0.213. The third-order valence-corrected chi connectivity index (χ3v) is 5.16. The number of benzene rings is 1. The molecule has 2 atom stereocenters. The fourth-order valence-electron chi connectivity index (χ4n) is 2.87. The van der Waals surface area contributed by atoms with Crippen LogP contribution in [0.25, 0.3) is 10.4 Å². The van der Waals surface area contributed by atoms with Crippen molar-refractivity contribution in [3.63, 3.8) is 0 Å². The normalized spacial score (nSPS) is 20.2. The predicted molar refractivity (Wildman–Crippen MR) is 91.3 cm³/mol. The molecule has 0 bridgehead atoms. The second-order valence-corrected chi connectivity index (χ2v) is 6.74. The molecule has 7 heteroatoms. The van der Waals surface area contributed by atoms with Crippen molar-refractivity contribution in [1.82, 2.24) is 15.2 Å². The molecule has 3 rings (SSSR count). The number of aliphatic hydroxyl groups excluding tert-OH is 1. The Morgan fingerprint density at radius 3 is 2.83 bits per heavy atom. The second-order valence-electron chi connectivity index (χ2n) is 5.89. The van der Waals surface area contributed by atoms with Gasteiger partial charge in [-0.3, -0.25) is 9.59 Å². The van der Waals surface area contributed by atoms with E-state index in [2.05, 4.69) is 10.3 Å². The van der Waals surface area contributed by atoms with Gasteiger partial charge < -0.3 is 15.3 Å². The summed E-state index contributed by atoms with van der Waals surface area (Å²) in [4.78, 5) is 29.9. The lowest BCUT2D eigenvalue weighted by Crippen LogP contribution is -2.42. The summed E-state index contributed by atoms with van der Waals surface area (Å²) in [6.07, 6.45) is 0.272. The van der Waals surface area contributed by atoms with Crippen molar-refractivity contribution < 1.29 is 14.7 Å². The maximum absolute atomic E-state index is 12.2. The average Bonchev–Trinajstić information content (AvgIpc) is 3.18. The van der Waals surface area contributed by atoms with E-state index in [0.717, 1.165) is 21.7 Å². The molecule has 1 aromatic carbocycles. The lowest BCUT2D eigenvalue weighted by atomic mass is 10.1. The van der Waals surface area contributed by atoms with Crippen LogP contribution in [-0.2, 0) is 16.1 Å². The van der Waals surface area contributed by atoms with Crippen molar-refractivity contribution in [1.29, 1.82) is 0 Å². The quantitative estimate of drug-likeness (QED) is 0.801. The van der Waals surface area contributed by atoms with E-state index in [4.69, 9.17) is 0 Å². The van der Waals surface area contributed by atoms with Gasteiger partial charge in [0.25, 0.3) is 0 Å². The fraction of sp³-hybridized carbons (Fsp3) is 0.353. The van der Waals surface area contributed by atoms with Crippen LogP contribution >= 0.6 is 11.3 Å². The first kappa shape index (κ1) is 16.6.